The van der Waals surface area contributed by atoms with Crippen LogP contribution in [0.1, 0.15) is 12.0 Å². The first kappa shape index (κ1) is 21.1. The molecule has 2 aromatic rings. The fraction of sp³-hybridized carbons (Fsp3) is 0.333. The molecule has 0 atom stereocenters. The van der Waals surface area contributed by atoms with Crippen LogP contribution in [0.3, 0.4) is 0 Å². The van der Waals surface area contributed by atoms with E-state index in [1.165, 1.54) is 20.4 Å². The van der Waals surface area contributed by atoms with Crippen molar-refractivity contribution in [1.29, 1.82) is 5.41 Å². The van der Waals surface area contributed by atoms with Gasteiger partial charge in [0, 0.05) is 32.0 Å². The molecule has 28 heavy (non-hydrogen) atoms. The van der Waals surface area contributed by atoms with Crippen molar-refractivity contribution in [1.82, 2.24) is 5.32 Å². The lowest BCUT2D eigenvalue weighted by molar-refractivity contribution is -0.123. The molecule has 7 heteroatoms. The number of hydrogen-bond donors (Lipinski definition) is 2. The maximum atomic E-state index is 12.1. The second-order valence-electron chi connectivity index (χ2n) is 6.15. The Morgan fingerprint density at radius 1 is 1.14 bits per heavy atom. The Kier molecular flexibility index (Phi) is 8.14. The van der Waals surface area contributed by atoms with Gasteiger partial charge in [-0.1, -0.05) is 18.2 Å². The van der Waals surface area contributed by atoms with Crippen LogP contribution in [-0.4, -0.2) is 53.1 Å². The number of anilines is 1. The Labute approximate surface area is 165 Å². The van der Waals surface area contributed by atoms with Gasteiger partial charge in [-0.05, 0) is 36.2 Å². The predicted octanol–water partition coefficient (Wildman–Crippen LogP) is 2.72. The van der Waals surface area contributed by atoms with Crippen LogP contribution in [0.2, 0.25) is 0 Å². The molecular weight excluding hydrogens is 358 g/mol. The van der Waals surface area contributed by atoms with Crippen molar-refractivity contribution in [2.75, 3.05) is 45.9 Å². The summed E-state index contributed by atoms with van der Waals surface area (Å²) in [5.41, 5.74) is 1.76. The fourth-order valence-electron chi connectivity index (χ4n) is 2.67. The number of ether oxygens (including phenoxy) is 3. The van der Waals surface area contributed by atoms with Gasteiger partial charge in [0.15, 0.2) is 18.1 Å². The van der Waals surface area contributed by atoms with Crippen LogP contribution in [0.25, 0.3) is 0 Å². The number of amides is 1. The number of carbonyl (C=O) groups is 1. The molecule has 0 heterocycles. The van der Waals surface area contributed by atoms with Crippen molar-refractivity contribution in [3.63, 3.8) is 0 Å². The van der Waals surface area contributed by atoms with Crippen LogP contribution < -0.4 is 24.4 Å². The van der Waals surface area contributed by atoms with E-state index < -0.39 is 0 Å². The number of para-hydroxylation sites is 1. The molecule has 0 fully saturated rings. The molecule has 0 saturated heterocycles. The molecule has 0 radical (unpaired) electrons. The highest BCUT2D eigenvalue weighted by atomic mass is 16.5. The molecule has 0 aliphatic rings. The molecule has 7 nitrogen and oxygen atoms in total. The van der Waals surface area contributed by atoms with Crippen molar-refractivity contribution >= 4 is 17.8 Å². The topological polar surface area (TPSA) is 83.9 Å². The van der Waals surface area contributed by atoms with Gasteiger partial charge in [0.2, 0.25) is 5.75 Å². The largest absolute Gasteiger partial charge is 0.493 e. The Morgan fingerprint density at radius 3 is 2.36 bits per heavy atom. The van der Waals surface area contributed by atoms with Gasteiger partial charge in [-0.15, -0.1) is 0 Å². The molecule has 2 N–H and O–H groups in total. The summed E-state index contributed by atoms with van der Waals surface area (Å²) in [7, 11) is 5.02. The number of hydrogen-bond acceptors (Lipinski definition) is 6. The molecule has 2 rings (SSSR count). The van der Waals surface area contributed by atoms with Gasteiger partial charge in [0.1, 0.15) is 0 Å². The zero-order valence-corrected chi connectivity index (χ0v) is 16.5. The minimum Gasteiger partial charge on any atom is -0.493 e. The lowest BCUT2D eigenvalue weighted by Gasteiger charge is -2.19. The van der Waals surface area contributed by atoms with Crippen LogP contribution in [0.15, 0.2) is 42.5 Å². The van der Waals surface area contributed by atoms with Crippen molar-refractivity contribution in [3.05, 3.63) is 48.0 Å². The molecule has 150 valence electrons. The highest BCUT2D eigenvalue weighted by Gasteiger charge is 2.15. The summed E-state index contributed by atoms with van der Waals surface area (Å²) >= 11 is 0. The molecule has 0 saturated carbocycles. The van der Waals surface area contributed by atoms with Gasteiger partial charge in [-0.2, -0.15) is 0 Å². The van der Waals surface area contributed by atoms with Crippen LogP contribution in [-0.2, 0) is 4.79 Å². The minimum atomic E-state index is -0.220. The summed E-state index contributed by atoms with van der Waals surface area (Å²) in [5.74, 6) is 0.947. The number of rotatable bonds is 11. The average molecular weight is 385 g/mol. The van der Waals surface area contributed by atoms with E-state index in [0.717, 1.165) is 18.7 Å². The smallest absolute Gasteiger partial charge is 0.257 e. The van der Waals surface area contributed by atoms with E-state index in [1.807, 2.05) is 25.2 Å². The van der Waals surface area contributed by atoms with E-state index in [2.05, 4.69) is 22.3 Å². The molecule has 0 unspecified atom stereocenters. The molecule has 0 bridgehead atoms. The first-order valence-electron chi connectivity index (χ1n) is 9.01. The van der Waals surface area contributed by atoms with Crippen molar-refractivity contribution < 1.29 is 19.0 Å². The van der Waals surface area contributed by atoms with Gasteiger partial charge >= 0.3 is 0 Å². The van der Waals surface area contributed by atoms with Crippen LogP contribution in [0.4, 0.5) is 5.69 Å². The molecule has 2 aromatic carbocycles. The van der Waals surface area contributed by atoms with E-state index in [0.29, 0.717) is 29.4 Å². The monoisotopic (exact) mass is 385 g/mol. The van der Waals surface area contributed by atoms with Gasteiger partial charge < -0.3 is 29.8 Å². The van der Waals surface area contributed by atoms with Gasteiger partial charge in [-0.3, -0.25) is 4.79 Å². The minimum absolute atomic E-state index is 0.148. The quantitative estimate of drug-likeness (QED) is 0.459. The maximum Gasteiger partial charge on any atom is 0.257 e. The van der Waals surface area contributed by atoms with Crippen LogP contribution >= 0.6 is 0 Å². The fourth-order valence-corrected chi connectivity index (χ4v) is 2.67. The molecule has 0 aliphatic heterocycles. The number of benzene rings is 2. The second-order valence-corrected chi connectivity index (χ2v) is 6.15. The summed E-state index contributed by atoms with van der Waals surface area (Å²) in [6.07, 6.45) is 2.01. The second kappa shape index (κ2) is 10.8. The molecule has 1 amide bonds. The predicted molar refractivity (Wildman–Crippen MR) is 110 cm³/mol. The Bertz CT molecular complexity index is 755. The van der Waals surface area contributed by atoms with E-state index in [4.69, 9.17) is 19.6 Å². The number of carbonyl (C=O) groups excluding carboxylic acids is 1. The Balaban J connectivity index is 1.80. The number of nitrogens with zero attached hydrogens (tertiary/aromatic N) is 1. The van der Waals surface area contributed by atoms with Gasteiger partial charge in [0.05, 0.1) is 14.2 Å². The van der Waals surface area contributed by atoms with Crippen molar-refractivity contribution in [2.45, 2.75) is 6.42 Å². The lowest BCUT2D eigenvalue weighted by atomic mass is 10.2. The zero-order chi connectivity index (χ0) is 20.4. The highest BCUT2D eigenvalue weighted by molar-refractivity contribution is 5.81. The standard InChI is InChI=1S/C21H27N3O4/c1-24(17-8-5-4-6-9-17)11-7-10-23-20(25)15-28-21-18(26-2)12-16(14-22)13-19(21)27-3/h4-6,8-9,12-14,22H,7,10-11,15H2,1-3H3,(H,23,25). The average Bonchev–Trinajstić information content (AvgIpc) is 2.74. The summed E-state index contributed by atoms with van der Waals surface area (Å²) in [4.78, 5) is 14.2. The van der Waals surface area contributed by atoms with Crippen LogP contribution in [0.5, 0.6) is 17.2 Å². The van der Waals surface area contributed by atoms with E-state index in [9.17, 15) is 4.79 Å². The number of methoxy groups -OCH3 is 2. The molecular formula is C21H27N3O4. The van der Waals surface area contributed by atoms with E-state index in [1.54, 1.807) is 12.1 Å². The molecule has 0 aliphatic carbocycles. The Morgan fingerprint density at radius 2 is 1.79 bits per heavy atom. The lowest BCUT2D eigenvalue weighted by Crippen LogP contribution is -2.31. The summed E-state index contributed by atoms with van der Waals surface area (Å²) < 4.78 is 16.2. The van der Waals surface area contributed by atoms with E-state index in [-0.39, 0.29) is 12.5 Å². The van der Waals surface area contributed by atoms with Gasteiger partial charge in [-0.25, -0.2) is 0 Å². The third-order valence-electron chi connectivity index (χ3n) is 4.19. The first-order chi connectivity index (χ1) is 13.6. The first-order valence-corrected chi connectivity index (χ1v) is 9.01. The molecule has 0 aromatic heterocycles. The highest BCUT2D eigenvalue weighted by Crippen LogP contribution is 2.38. The third kappa shape index (κ3) is 5.90. The van der Waals surface area contributed by atoms with E-state index >= 15 is 0 Å². The SMILES string of the molecule is COc1cc(C=N)cc(OC)c1OCC(=O)NCCCN(C)c1ccccc1. The van der Waals surface area contributed by atoms with Gasteiger partial charge in [0.25, 0.3) is 5.91 Å². The zero-order valence-electron chi connectivity index (χ0n) is 16.5. The van der Waals surface area contributed by atoms with Crippen molar-refractivity contribution in [3.8, 4) is 17.2 Å². The third-order valence-corrected chi connectivity index (χ3v) is 4.19. The van der Waals surface area contributed by atoms with Crippen molar-refractivity contribution in [2.24, 2.45) is 0 Å². The summed E-state index contributed by atoms with van der Waals surface area (Å²) in [5, 5.41) is 10.2. The normalized spacial score (nSPS) is 10.1. The summed E-state index contributed by atoms with van der Waals surface area (Å²) in [6, 6.07) is 13.4. The Hall–Kier alpha value is -3.22. The van der Waals surface area contributed by atoms with Crippen LogP contribution in [0, 0.1) is 5.41 Å². The molecule has 0 spiro atoms. The summed E-state index contributed by atoms with van der Waals surface area (Å²) in [6.45, 7) is 1.24. The number of nitrogens with one attached hydrogen (secondary N) is 2. The maximum absolute atomic E-state index is 12.1.